The van der Waals surface area contributed by atoms with E-state index in [9.17, 15) is 4.79 Å². The first kappa shape index (κ1) is 21.9. The van der Waals surface area contributed by atoms with Crippen LogP contribution in [-0.2, 0) is 4.79 Å². The molecular formula is C19H39N7O. The van der Waals surface area contributed by atoms with Gasteiger partial charge in [-0.1, -0.05) is 0 Å². The number of rotatable bonds is 6. The van der Waals surface area contributed by atoms with Crippen LogP contribution in [0.2, 0.25) is 0 Å². The molecule has 0 aromatic carbocycles. The van der Waals surface area contributed by atoms with Gasteiger partial charge in [0.25, 0.3) is 0 Å². The van der Waals surface area contributed by atoms with Crippen molar-refractivity contribution < 1.29 is 4.79 Å². The van der Waals surface area contributed by atoms with Gasteiger partial charge in [0.2, 0.25) is 5.91 Å². The molecule has 0 bridgehead atoms. The quantitative estimate of drug-likeness (QED) is 0.470. The first-order chi connectivity index (χ1) is 12.9. The monoisotopic (exact) mass is 381 g/mol. The van der Waals surface area contributed by atoms with Crippen LogP contribution in [-0.4, -0.2) is 123 Å². The van der Waals surface area contributed by atoms with E-state index in [1.807, 2.05) is 13.8 Å². The second kappa shape index (κ2) is 10.8. The standard InChI is InChI=1S/C19H39N7O/c1-6-20-19(21-13-17-14-23(4)7-8-24(17)5)26-11-9-25(10-12-26)15-18(27)22-16(2)3/h16-17H,6-15H2,1-5H3,(H,20,21)(H,22,27). The molecule has 8 heteroatoms. The Bertz CT molecular complexity index is 488. The maximum atomic E-state index is 12.0. The summed E-state index contributed by atoms with van der Waals surface area (Å²) in [6, 6.07) is 0.668. The Morgan fingerprint density at radius 1 is 1.11 bits per heavy atom. The van der Waals surface area contributed by atoms with Crippen molar-refractivity contribution in [1.29, 1.82) is 0 Å². The zero-order valence-corrected chi connectivity index (χ0v) is 17.9. The van der Waals surface area contributed by atoms with Crippen molar-refractivity contribution in [2.45, 2.75) is 32.9 Å². The summed E-state index contributed by atoms with van der Waals surface area (Å²) >= 11 is 0. The second-order valence-electron chi connectivity index (χ2n) is 8.08. The van der Waals surface area contributed by atoms with Crippen molar-refractivity contribution in [3.63, 3.8) is 0 Å². The smallest absolute Gasteiger partial charge is 0.234 e. The Labute approximate surface area is 164 Å². The van der Waals surface area contributed by atoms with Crippen LogP contribution in [0.3, 0.4) is 0 Å². The Hall–Kier alpha value is -1.38. The molecule has 1 atom stereocenters. The summed E-state index contributed by atoms with van der Waals surface area (Å²) in [5, 5.41) is 6.42. The van der Waals surface area contributed by atoms with E-state index in [4.69, 9.17) is 4.99 Å². The van der Waals surface area contributed by atoms with Crippen LogP contribution >= 0.6 is 0 Å². The summed E-state index contributed by atoms with van der Waals surface area (Å²) in [4.78, 5) is 26.2. The third kappa shape index (κ3) is 7.27. The van der Waals surface area contributed by atoms with Gasteiger partial charge in [-0.05, 0) is 34.9 Å². The lowest BCUT2D eigenvalue weighted by Crippen LogP contribution is -2.55. The van der Waals surface area contributed by atoms with Crippen molar-refractivity contribution in [3.05, 3.63) is 0 Å². The minimum absolute atomic E-state index is 0.114. The average Bonchev–Trinajstić information content (AvgIpc) is 2.61. The van der Waals surface area contributed by atoms with Gasteiger partial charge in [-0.25, -0.2) is 0 Å². The number of aliphatic imine (C=N–C) groups is 1. The first-order valence-corrected chi connectivity index (χ1v) is 10.3. The number of amides is 1. The number of likely N-dealkylation sites (N-methyl/N-ethyl adjacent to an activating group) is 2. The van der Waals surface area contributed by atoms with Gasteiger partial charge in [-0.2, -0.15) is 0 Å². The van der Waals surface area contributed by atoms with Gasteiger partial charge in [0.05, 0.1) is 13.1 Å². The van der Waals surface area contributed by atoms with Crippen molar-refractivity contribution in [1.82, 2.24) is 30.2 Å². The zero-order valence-electron chi connectivity index (χ0n) is 17.9. The second-order valence-corrected chi connectivity index (χ2v) is 8.08. The third-order valence-electron chi connectivity index (χ3n) is 5.26. The molecule has 1 amide bonds. The normalized spacial score (nSPS) is 23.7. The van der Waals surface area contributed by atoms with E-state index in [2.05, 4.69) is 51.3 Å². The highest BCUT2D eigenvalue weighted by molar-refractivity contribution is 5.80. The zero-order chi connectivity index (χ0) is 19.8. The third-order valence-corrected chi connectivity index (χ3v) is 5.26. The van der Waals surface area contributed by atoms with Crippen molar-refractivity contribution in [2.24, 2.45) is 4.99 Å². The molecule has 0 radical (unpaired) electrons. The molecule has 2 heterocycles. The number of hydrogen-bond donors (Lipinski definition) is 2. The van der Waals surface area contributed by atoms with Gasteiger partial charge < -0.3 is 20.4 Å². The van der Waals surface area contributed by atoms with E-state index in [1.165, 1.54) is 0 Å². The largest absolute Gasteiger partial charge is 0.357 e. The molecule has 0 spiro atoms. The minimum Gasteiger partial charge on any atom is -0.357 e. The fraction of sp³-hybridized carbons (Fsp3) is 0.895. The van der Waals surface area contributed by atoms with Gasteiger partial charge >= 0.3 is 0 Å². The number of carbonyl (C=O) groups is 1. The molecule has 0 aromatic rings. The minimum atomic E-state index is 0.114. The maximum Gasteiger partial charge on any atom is 0.234 e. The fourth-order valence-corrected chi connectivity index (χ4v) is 3.60. The van der Waals surface area contributed by atoms with Crippen LogP contribution in [0.25, 0.3) is 0 Å². The lowest BCUT2D eigenvalue weighted by atomic mass is 10.2. The Morgan fingerprint density at radius 2 is 1.81 bits per heavy atom. The SMILES string of the molecule is CCNC(=NCC1CN(C)CCN1C)N1CCN(CC(=O)NC(C)C)CC1. The molecule has 8 nitrogen and oxygen atoms in total. The van der Waals surface area contributed by atoms with Crippen molar-refractivity contribution in [3.8, 4) is 0 Å². The molecule has 0 aromatic heterocycles. The van der Waals surface area contributed by atoms with E-state index in [0.29, 0.717) is 12.6 Å². The number of carbonyl (C=O) groups excluding carboxylic acids is 1. The molecule has 0 aliphatic carbocycles. The summed E-state index contributed by atoms with van der Waals surface area (Å²) in [5.74, 6) is 1.12. The van der Waals surface area contributed by atoms with Crippen LogP contribution in [0.4, 0.5) is 0 Å². The molecular weight excluding hydrogens is 342 g/mol. The molecule has 0 saturated carbocycles. The number of guanidine groups is 1. The number of hydrogen-bond acceptors (Lipinski definition) is 5. The van der Waals surface area contributed by atoms with Crippen molar-refractivity contribution >= 4 is 11.9 Å². The van der Waals surface area contributed by atoms with E-state index in [0.717, 1.165) is 64.9 Å². The van der Waals surface area contributed by atoms with E-state index in [-0.39, 0.29) is 11.9 Å². The Balaban J connectivity index is 1.85. The Kier molecular flexibility index (Phi) is 8.79. The number of nitrogens with one attached hydrogen (secondary N) is 2. The highest BCUT2D eigenvalue weighted by atomic mass is 16.2. The molecule has 2 fully saturated rings. The van der Waals surface area contributed by atoms with Crippen LogP contribution < -0.4 is 10.6 Å². The lowest BCUT2D eigenvalue weighted by molar-refractivity contribution is -0.123. The maximum absolute atomic E-state index is 12.0. The van der Waals surface area contributed by atoms with Gasteiger partial charge in [0, 0.05) is 64.4 Å². The summed E-state index contributed by atoms with van der Waals surface area (Å²) in [6.45, 7) is 15.2. The summed E-state index contributed by atoms with van der Waals surface area (Å²) in [6.07, 6.45) is 0. The van der Waals surface area contributed by atoms with E-state index < -0.39 is 0 Å². The number of piperazine rings is 2. The van der Waals surface area contributed by atoms with E-state index >= 15 is 0 Å². The topological polar surface area (TPSA) is 66.5 Å². The number of nitrogens with zero attached hydrogens (tertiary/aromatic N) is 5. The predicted octanol–water partition coefficient (Wildman–Crippen LogP) is -0.660. The highest BCUT2D eigenvalue weighted by Gasteiger charge is 2.24. The molecule has 2 N–H and O–H groups in total. The first-order valence-electron chi connectivity index (χ1n) is 10.3. The lowest BCUT2D eigenvalue weighted by Gasteiger charge is -2.38. The summed E-state index contributed by atoms with van der Waals surface area (Å²) in [7, 11) is 4.38. The fourth-order valence-electron chi connectivity index (χ4n) is 3.60. The summed E-state index contributed by atoms with van der Waals surface area (Å²) in [5.41, 5.74) is 0. The molecule has 2 aliphatic rings. The molecule has 2 saturated heterocycles. The van der Waals surface area contributed by atoms with Crippen LogP contribution in [0.5, 0.6) is 0 Å². The van der Waals surface area contributed by atoms with Crippen LogP contribution in [0.15, 0.2) is 4.99 Å². The average molecular weight is 382 g/mol. The van der Waals surface area contributed by atoms with Gasteiger partial charge in [0.15, 0.2) is 5.96 Å². The molecule has 27 heavy (non-hydrogen) atoms. The predicted molar refractivity (Wildman–Crippen MR) is 111 cm³/mol. The molecule has 2 aliphatic heterocycles. The highest BCUT2D eigenvalue weighted by Crippen LogP contribution is 2.08. The molecule has 2 rings (SSSR count). The molecule has 1 unspecified atom stereocenters. The molecule has 156 valence electrons. The van der Waals surface area contributed by atoms with E-state index in [1.54, 1.807) is 0 Å². The van der Waals surface area contributed by atoms with Crippen LogP contribution in [0, 0.1) is 0 Å². The van der Waals surface area contributed by atoms with Gasteiger partial charge in [0.1, 0.15) is 0 Å². The Morgan fingerprint density at radius 3 is 2.44 bits per heavy atom. The van der Waals surface area contributed by atoms with Crippen molar-refractivity contribution in [2.75, 3.05) is 79.5 Å². The van der Waals surface area contributed by atoms with Gasteiger partial charge in [-0.3, -0.25) is 19.6 Å². The van der Waals surface area contributed by atoms with Gasteiger partial charge in [-0.15, -0.1) is 0 Å². The van der Waals surface area contributed by atoms with Crippen LogP contribution in [0.1, 0.15) is 20.8 Å². The summed E-state index contributed by atoms with van der Waals surface area (Å²) < 4.78 is 0.